The van der Waals surface area contributed by atoms with Crippen LogP contribution in [-0.2, 0) is 10.0 Å². The number of anilines is 2. The van der Waals surface area contributed by atoms with Crippen LogP contribution in [0, 0.1) is 0 Å². The zero-order valence-corrected chi connectivity index (χ0v) is 17.6. The standard InChI is InChI=1S/C25H18N2O4S/c28-25(24-16-22-21-9-5-4-6-17(21)10-15-23(22)31-24)26-18-11-13-20(14-12-18)32(29,30)27-19-7-2-1-3-8-19/h1-16,27H,(H,26,28). The van der Waals surface area contributed by atoms with Gasteiger partial charge in [-0.2, -0.15) is 0 Å². The molecule has 0 fully saturated rings. The van der Waals surface area contributed by atoms with Gasteiger partial charge >= 0.3 is 0 Å². The zero-order valence-electron chi connectivity index (χ0n) is 16.8. The van der Waals surface area contributed by atoms with Crippen molar-refractivity contribution >= 4 is 49.0 Å². The second-order valence-electron chi connectivity index (χ2n) is 7.26. The van der Waals surface area contributed by atoms with E-state index in [1.165, 1.54) is 24.3 Å². The molecule has 0 saturated heterocycles. The number of fused-ring (bicyclic) bond motifs is 3. The van der Waals surface area contributed by atoms with Crippen LogP contribution in [-0.4, -0.2) is 14.3 Å². The largest absolute Gasteiger partial charge is 0.451 e. The van der Waals surface area contributed by atoms with Crippen molar-refractivity contribution in [1.29, 1.82) is 0 Å². The summed E-state index contributed by atoms with van der Waals surface area (Å²) in [5.41, 5.74) is 1.56. The molecule has 7 heteroatoms. The predicted octanol–water partition coefficient (Wildman–Crippen LogP) is 5.64. The summed E-state index contributed by atoms with van der Waals surface area (Å²) in [6, 6.07) is 28.0. The lowest BCUT2D eigenvalue weighted by Crippen LogP contribution is -2.14. The molecule has 6 nitrogen and oxygen atoms in total. The number of furan rings is 1. The first-order valence-corrected chi connectivity index (χ1v) is 11.4. The van der Waals surface area contributed by atoms with Gasteiger partial charge in [-0.15, -0.1) is 0 Å². The second-order valence-corrected chi connectivity index (χ2v) is 8.94. The summed E-state index contributed by atoms with van der Waals surface area (Å²) in [7, 11) is -3.73. The van der Waals surface area contributed by atoms with E-state index in [0.29, 0.717) is 17.0 Å². The van der Waals surface area contributed by atoms with Crippen molar-refractivity contribution in [2.24, 2.45) is 0 Å². The van der Waals surface area contributed by atoms with Crippen molar-refractivity contribution in [2.45, 2.75) is 4.90 Å². The van der Waals surface area contributed by atoms with Gasteiger partial charge in [0.15, 0.2) is 5.76 Å². The maximum Gasteiger partial charge on any atom is 0.291 e. The Kier molecular flexibility index (Phi) is 4.88. The van der Waals surface area contributed by atoms with Crippen LogP contribution in [0.2, 0.25) is 0 Å². The summed E-state index contributed by atoms with van der Waals surface area (Å²) in [6.45, 7) is 0. The number of nitrogens with one attached hydrogen (secondary N) is 2. The predicted molar refractivity (Wildman–Crippen MR) is 125 cm³/mol. The summed E-state index contributed by atoms with van der Waals surface area (Å²) in [5, 5.41) is 5.68. The van der Waals surface area contributed by atoms with Gasteiger partial charge < -0.3 is 9.73 Å². The number of sulfonamides is 1. The monoisotopic (exact) mass is 442 g/mol. The molecule has 0 saturated carbocycles. The highest BCUT2D eigenvalue weighted by molar-refractivity contribution is 7.92. The van der Waals surface area contributed by atoms with E-state index in [0.717, 1.165) is 16.2 Å². The molecule has 4 aromatic carbocycles. The molecule has 0 atom stereocenters. The number of amides is 1. The molecule has 0 aliphatic carbocycles. The number of benzene rings is 4. The molecule has 0 unspecified atom stereocenters. The van der Waals surface area contributed by atoms with Gasteiger partial charge in [-0.25, -0.2) is 8.42 Å². The van der Waals surface area contributed by atoms with E-state index in [1.54, 1.807) is 36.4 Å². The van der Waals surface area contributed by atoms with Crippen molar-refractivity contribution in [3.05, 3.63) is 103 Å². The van der Waals surface area contributed by atoms with E-state index in [4.69, 9.17) is 4.42 Å². The SMILES string of the molecule is O=C(Nc1ccc(S(=O)(=O)Nc2ccccc2)cc1)c1cc2c(ccc3ccccc32)o1. The molecule has 5 aromatic rings. The Labute approximate surface area is 184 Å². The van der Waals surface area contributed by atoms with Gasteiger partial charge in [0.05, 0.1) is 4.90 Å². The van der Waals surface area contributed by atoms with E-state index in [2.05, 4.69) is 10.0 Å². The Hall–Kier alpha value is -4.10. The topological polar surface area (TPSA) is 88.4 Å². The lowest BCUT2D eigenvalue weighted by molar-refractivity contribution is 0.0998. The molecule has 5 rings (SSSR count). The number of para-hydroxylation sites is 1. The summed E-state index contributed by atoms with van der Waals surface area (Å²) >= 11 is 0. The van der Waals surface area contributed by atoms with Crippen molar-refractivity contribution in [3.63, 3.8) is 0 Å². The molecular weight excluding hydrogens is 424 g/mol. The van der Waals surface area contributed by atoms with E-state index in [9.17, 15) is 13.2 Å². The van der Waals surface area contributed by atoms with E-state index < -0.39 is 15.9 Å². The molecule has 1 aromatic heterocycles. The Morgan fingerprint density at radius 3 is 2.22 bits per heavy atom. The van der Waals surface area contributed by atoms with Gasteiger partial charge in [0.1, 0.15) is 5.58 Å². The fraction of sp³-hybridized carbons (Fsp3) is 0. The Bertz CT molecular complexity index is 1540. The van der Waals surface area contributed by atoms with Crippen LogP contribution in [0.1, 0.15) is 10.6 Å². The normalized spacial score (nSPS) is 11.5. The third kappa shape index (κ3) is 3.81. The number of carbonyl (C=O) groups is 1. The number of hydrogen-bond acceptors (Lipinski definition) is 4. The molecule has 0 aliphatic heterocycles. The number of carbonyl (C=O) groups excluding carboxylic acids is 1. The fourth-order valence-corrected chi connectivity index (χ4v) is 4.59. The van der Waals surface area contributed by atoms with Crippen LogP contribution in [0.15, 0.2) is 106 Å². The maximum absolute atomic E-state index is 12.7. The average Bonchev–Trinajstić information content (AvgIpc) is 3.25. The first-order valence-electron chi connectivity index (χ1n) is 9.90. The van der Waals surface area contributed by atoms with Gasteiger partial charge in [0, 0.05) is 16.8 Å². The van der Waals surface area contributed by atoms with Crippen LogP contribution in [0.25, 0.3) is 21.7 Å². The molecule has 0 spiro atoms. The minimum atomic E-state index is -3.73. The van der Waals surface area contributed by atoms with Crippen LogP contribution >= 0.6 is 0 Å². The van der Waals surface area contributed by atoms with Crippen molar-refractivity contribution in [1.82, 2.24) is 0 Å². The summed E-state index contributed by atoms with van der Waals surface area (Å²) in [6.07, 6.45) is 0. The quantitative estimate of drug-likeness (QED) is 0.369. The van der Waals surface area contributed by atoms with Crippen LogP contribution < -0.4 is 10.0 Å². The van der Waals surface area contributed by atoms with Crippen LogP contribution in [0.5, 0.6) is 0 Å². The van der Waals surface area contributed by atoms with Gasteiger partial charge in [0.25, 0.3) is 15.9 Å². The van der Waals surface area contributed by atoms with Crippen LogP contribution in [0.3, 0.4) is 0 Å². The smallest absolute Gasteiger partial charge is 0.291 e. The fourth-order valence-electron chi connectivity index (χ4n) is 3.53. The third-order valence-electron chi connectivity index (χ3n) is 5.10. The van der Waals surface area contributed by atoms with Crippen LogP contribution in [0.4, 0.5) is 11.4 Å². The lowest BCUT2D eigenvalue weighted by Gasteiger charge is -2.09. The van der Waals surface area contributed by atoms with Crippen molar-refractivity contribution in [2.75, 3.05) is 10.0 Å². The summed E-state index contributed by atoms with van der Waals surface area (Å²) in [5.74, 6) is -0.234. The highest BCUT2D eigenvalue weighted by atomic mass is 32.2. The van der Waals surface area contributed by atoms with Gasteiger partial charge in [-0.3, -0.25) is 9.52 Å². The molecule has 2 N–H and O–H groups in total. The van der Waals surface area contributed by atoms with E-state index in [1.807, 2.05) is 36.4 Å². The molecular formula is C25H18N2O4S. The Morgan fingerprint density at radius 2 is 1.44 bits per heavy atom. The molecule has 32 heavy (non-hydrogen) atoms. The van der Waals surface area contributed by atoms with E-state index in [-0.39, 0.29) is 10.7 Å². The molecule has 1 heterocycles. The molecule has 158 valence electrons. The molecule has 1 amide bonds. The first-order chi connectivity index (χ1) is 15.5. The lowest BCUT2D eigenvalue weighted by atomic mass is 10.1. The second kappa shape index (κ2) is 7.86. The number of hydrogen-bond donors (Lipinski definition) is 2. The highest BCUT2D eigenvalue weighted by Gasteiger charge is 2.16. The zero-order chi connectivity index (χ0) is 22.1. The minimum absolute atomic E-state index is 0.0922. The van der Waals surface area contributed by atoms with Gasteiger partial charge in [-0.1, -0.05) is 48.5 Å². The average molecular weight is 442 g/mol. The Morgan fingerprint density at radius 1 is 0.719 bits per heavy atom. The minimum Gasteiger partial charge on any atom is -0.451 e. The molecule has 0 bridgehead atoms. The molecule has 0 aliphatic rings. The number of rotatable bonds is 5. The van der Waals surface area contributed by atoms with E-state index >= 15 is 0 Å². The van der Waals surface area contributed by atoms with Gasteiger partial charge in [0.2, 0.25) is 0 Å². The first kappa shape index (κ1) is 19.8. The Balaban J connectivity index is 1.35. The molecule has 0 radical (unpaired) electrons. The maximum atomic E-state index is 12.7. The third-order valence-corrected chi connectivity index (χ3v) is 6.50. The summed E-state index contributed by atoms with van der Waals surface area (Å²) < 4.78 is 33.4. The van der Waals surface area contributed by atoms with Crippen molar-refractivity contribution in [3.8, 4) is 0 Å². The van der Waals surface area contributed by atoms with Gasteiger partial charge in [-0.05, 0) is 59.3 Å². The highest BCUT2D eigenvalue weighted by Crippen LogP contribution is 2.28. The summed E-state index contributed by atoms with van der Waals surface area (Å²) in [4.78, 5) is 12.8. The van der Waals surface area contributed by atoms with Crippen molar-refractivity contribution < 1.29 is 17.6 Å².